The molecule has 1 aliphatic heterocycles. The van der Waals surface area contributed by atoms with Crippen molar-refractivity contribution in [2.75, 3.05) is 13.2 Å². The Bertz CT molecular complexity index is 1450. The highest BCUT2D eigenvalue weighted by molar-refractivity contribution is 7.94. The Morgan fingerprint density at radius 1 is 1.02 bits per heavy atom. The number of carbonyl (C=O) groups is 1. The second-order valence-electron chi connectivity index (χ2n) is 11.6. The summed E-state index contributed by atoms with van der Waals surface area (Å²) in [5.74, 6) is 0. The predicted molar refractivity (Wildman–Crippen MR) is 164 cm³/mol. The number of benzene rings is 2. The Morgan fingerprint density at radius 2 is 1.86 bits per heavy atom. The highest BCUT2D eigenvalue weighted by Crippen LogP contribution is 2.24. The maximum atomic E-state index is 12.6. The van der Waals surface area contributed by atoms with E-state index in [2.05, 4.69) is 29.2 Å². The summed E-state index contributed by atoms with van der Waals surface area (Å²) in [6.45, 7) is 7.34. The van der Waals surface area contributed by atoms with Gasteiger partial charge in [-0.3, -0.25) is 4.98 Å². The molecule has 1 saturated heterocycles. The average Bonchev–Trinajstić information content (AvgIpc) is 3.61. The maximum absolute atomic E-state index is 12.6. The van der Waals surface area contributed by atoms with Crippen LogP contribution in [0.2, 0.25) is 0 Å². The molecule has 4 aromatic rings. The van der Waals surface area contributed by atoms with E-state index >= 15 is 0 Å². The third-order valence-corrected chi connectivity index (χ3v) is 7.69. The summed E-state index contributed by atoms with van der Waals surface area (Å²) < 4.78 is 18.7. The molecule has 0 radical (unpaired) electrons. The van der Waals surface area contributed by atoms with Crippen LogP contribution in [0.25, 0.3) is 10.9 Å². The third kappa shape index (κ3) is 8.27. The van der Waals surface area contributed by atoms with E-state index in [1.54, 1.807) is 9.63 Å². The second-order valence-corrected chi connectivity index (χ2v) is 12.3. The Labute approximate surface area is 252 Å². The smallest absolute Gasteiger partial charge is 0.410 e. The summed E-state index contributed by atoms with van der Waals surface area (Å²) in [6, 6.07) is 20.4. The summed E-state index contributed by atoms with van der Waals surface area (Å²) in [7, 11) is 0. The van der Waals surface area contributed by atoms with Gasteiger partial charge in [0.05, 0.1) is 36.8 Å². The number of likely N-dealkylation sites (tertiary alicyclic amines) is 1. The minimum Gasteiger partial charge on any atom is -0.444 e. The van der Waals surface area contributed by atoms with Gasteiger partial charge < -0.3 is 14.4 Å². The van der Waals surface area contributed by atoms with Gasteiger partial charge in [0.25, 0.3) is 0 Å². The van der Waals surface area contributed by atoms with E-state index in [0.717, 1.165) is 53.5 Å². The zero-order chi connectivity index (χ0) is 29.4. The number of aryl methyl sites for hydroxylation is 2. The van der Waals surface area contributed by atoms with E-state index in [0.29, 0.717) is 19.8 Å². The van der Waals surface area contributed by atoms with Crippen LogP contribution in [0, 0.1) is 0 Å². The summed E-state index contributed by atoms with van der Waals surface area (Å²) >= 11 is 1.18. The van der Waals surface area contributed by atoms with Crippen LogP contribution in [0.3, 0.4) is 0 Å². The van der Waals surface area contributed by atoms with E-state index < -0.39 is 5.60 Å². The van der Waals surface area contributed by atoms with Crippen molar-refractivity contribution >= 4 is 29.0 Å². The van der Waals surface area contributed by atoms with Crippen molar-refractivity contribution in [3.05, 3.63) is 95.9 Å². The molecule has 2 aromatic heterocycles. The van der Waals surface area contributed by atoms with Gasteiger partial charge >= 0.3 is 6.09 Å². The van der Waals surface area contributed by atoms with E-state index in [1.807, 2.05) is 75.8 Å². The van der Waals surface area contributed by atoms with Crippen LogP contribution in [-0.4, -0.2) is 45.5 Å². The van der Waals surface area contributed by atoms with Crippen LogP contribution < -0.4 is 4.99 Å². The number of fused-ring (bicyclic) bond motifs is 1. The summed E-state index contributed by atoms with van der Waals surface area (Å²) in [6.07, 6.45) is 10.0. The van der Waals surface area contributed by atoms with Crippen molar-refractivity contribution in [1.82, 2.24) is 14.6 Å². The lowest BCUT2D eigenvalue weighted by molar-refractivity contribution is -0.188. The van der Waals surface area contributed by atoms with Gasteiger partial charge in [0.2, 0.25) is 0 Å². The molecule has 5 rings (SSSR count). The van der Waals surface area contributed by atoms with E-state index in [-0.39, 0.29) is 12.1 Å². The Morgan fingerprint density at radius 3 is 2.69 bits per heavy atom. The number of amides is 1. The lowest BCUT2D eigenvalue weighted by Gasteiger charge is -2.28. The highest BCUT2D eigenvalue weighted by atomic mass is 32.2. The normalized spacial score (nSPS) is 15.3. The van der Waals surface area contributed by atoms with E-state index in [4.69, 9.17) is 18.8 Å². The van der Waals surface area contributed by atoms with Gasteiger partial charge in [-0.1, -0.05) is 46.8 Å². The van der Waals surface area contributed by atoms with Gasteiger partial charge in [0.1, 0.15) is 5.60 Å². The molecule has 1 aliphatic rings. The van der Waals surface area contributed by atoms with Crippen molar-refractivity contribution in [3.63, 3.8) is 0 Å². The second kappa shape index (κ2) is 14.1. The fraction of sp³-hybridized carbons (Fsp3) is 0.394. The van der Waals surface area contributed by atoms with E-state index in [9.17, 15) is 4.79 Å². The first kappa shape index (κ1) is 29.9. The third-order valence-electron chi connectivity index (χ3n) is 7.09. The average molecular weight is 590 g/mol. The molecule has 1 unspecified atom stereocenters. The molecule has 2 aromatic carbocycles. The molecule has 42 heavy (non-hydrogen) atoms. The molecule has 0 spiro atoms. The number of nitrogens with zero attached hydrogens (tertiary/aromatic N) is 3. The quantitative estimate of drug-likeness (QED) is 0.0983. The molecule has 222 valence electrons. The lowest BCUT2D eigenvalue weighted by atomic mass is 10.0. The Hall–Kier alpha value is -3.53. The fourth-order valence-electron chi connectivity index (χ4n) is 5.19. The number of hydrogen-bond acceptors (Lipinski definition) is 7. The number of aromatic nitrogens is 2. The van der Waals surface area contributed by atoms with Gasteiger partial charge in [-0.25, -0.2) is 9.78 Å². The monoisotopic (exact) mass is 589 g/mol. The predicted octanol–water partition coefficient (Wildman–Crippen LogP) is 7.20. The van der Waals surface area contributed by atoms with Crippen molar-refractivity contribution in [1.29, 1.82) is 0 Å². The van der Waals surface area contributed by atoms with Crippen LogP contribution in [0.1, 0.15) is 56.7 Å². The maximum Gasteiger partial charge on any atom is 0.410 e. The molecule has 0 aliphatic carbocycles. The summed E-state index contributed by atoms with van der Waals surface area (Å²) in [4.78, 5) is 25.4. The SMILES string of the molecule is CC(C)(C)OC(=O)N1CCCC1COCc1cncc(CCCc2cccc3ccn(OOSc4ccccc4)c23)c1. The number of pyridine rings is 1. The van der Waals surface area contributed by atoms with Gasteiger partial charge in [-0.2, -0.15) is 4.73 Å². The molecular weight excluding hydrogens is 550 g/mol. The largest absolute Gasteiger partial charge is 0.444 e. The van der Waals surface area contributed by atoms with Crippen molar-refractivity contribution in [3.8, 4) is 0 Å². The van der Waals surface area contributed by atoms with E-state index in [1.165, 1.54) is 23.2 Å². The number of carbonyl (C=O) groups excluding carboxylic acids is 1. The minimum atomic E-state index is -0.502. The van der Waals surface area contributed by atoms with Gasteiger partial charge in [0.15, 0.2) is 0 Å². The summed E-state index contributed by atoms with van der Waals surface area (Å²) in [5, 5.41) is 1.11. The molecule has 1 amide bonds. The first-order valence-corrected chi connectivity index (χ1v) is 15.3. The van der Waals surface area contributed by atoms with Crippen molar-refractivity contribution in [2.45, 2.75) is 76.0 Å². The number of para-hydroxylation sites is 1. The fourth-order valence-corrected chi connectivity index (χ4v) is 5.63. The summed E-state index contributed by atoms with van der Waals surface area (Å²) in [5.41, 5.74) is 3.92. The number of hydrogen-bond donors (Lipinski definition) is 0. The number of rotatable bonds is 12. The van der Waals surface area contributed by atoms with Gasteiger partial charge in [-0.05, 0) is 87.8 Å². The molecule has 0 N–H and O–H groups in total. The Kier molecular flexibility index (Phi) is 10.0. The topological polar surface area (TPSA) is 75.0 Å². The molecule has 3 heterocycles. The Balaban J connectivity index is 1.11. The van der Waals surface area contributed by atoms with Crippen LogP contribution in [0.15, 0.2) is 84.1 Å². The molecular formula is C33H39N3O5S. The van der Waals surface area contributed by atoms with Crippen molar-refractivity contribution in [2.24, 2.45) is 0 Å². The standard InChI is InChI=1S/C33H39N3O5S/c1-33(2,3)39-32(37)35-18-9-14-29(35)24-38-23-26-20-25(21-34-22-26)10-7-11-27-12-8-13-28-17-19-36(31(27)28)40-41-42-30-15-5-4-6-16-30/h4-6,8,12-13,15-17,19-22,29H,7,9-11,14,18,23-24H2,1-3H3. The molecule has 0 bridgehead atoms. The van der Waals surface area contributed by atoms with Crippen LogP contribution in [0.5, 0.6) is 0 Å². The zero-order valence-electron chi connectivity index (χ0n) is 24.5. The van der Waals surface area contributed by atoms with Gasteiger partial charge in [0, 0.05) is 35.4 Å². The van der Waals surface area contributed by atoms with Crippen LogP contribution in [-0.2, 0) is 33.3 Å². The highest BCUT2D eigenvalue weighted by Gasteiger charge is 2.32. The molecule has 1 fully saturated rings. The van der Waals surface area contributed by atoms with Crippen LogP contribution >= 0.6 is 12.0 Å². The molecule has 9 heteroatoms. The molecule has 8 nitrogen and oxygen atoms in total. The number of ether oxygens (including phenoxy) is 2. The van der Waals surface area contributed by atoms with Crippen molar-refractivity contribution < 1.29 is 23.6 Å². The van der Waals surface area contributed by atoms with Gasteiger partial charge in [-0.15, -0.1) is 0 Å². The molecule has 0 saturated carbocycles. The lowest BCUT2D eigenvalue weighted by Crippen LogP contribution is -2.41. The first-order chi connectivity index (χ1) is 20.4. The van der Waals surface area contributed by atoms with Crippen LogP contribution in [0.4, 0.5) is 4.79 Å². The molecule has 1 atom stereocenters. The first-order valence-electron chi connectivity index (χ1n) is 14.5. The minimum absolute atomic E-state index is 0.0453. The zero-order valence-corrected chi connectivity index (χ0v) is 25.3.